The number of pyridine rings is 1. The second-order valence-electron chi connectivity index (χ2n) is 3.57. The number of benzene rings is 1. The Morgan fingerprint density at radius 3 is 2.94 bits per heavy atom. The molecule has 0 spiro atoms. The fourth-order valence-electron chi connectivity index (χ4n) is 1.46. The van der Waals surface area contributed by atoms with Crippen LogP contribution in [0.1, 0.15) is 15.9 Å². The summed E-state index contributed by atoms with van der Waals surface area (Å²) in [6, 6.07) is 6.98. The Hall–Kier alpha value is -1.39. The maximum Gasteiger partial charge on any atom is 0.153 e. The van der Waals surface area contributed by atoms with Gasteiger partial charge in [-0.1, -0.05) is 17.7 Å². The highest BCUT2D eigenvalue weighted by molar-refractivity contribution is 9.10. The van der Waals surface area contributed by atoms with Crippen LogP contribution >= 0.6 is 27.5 Å². The van der Waals surface area contributed by atoms with Crippen molar-refractivity contribution in [1.82, 2.24) is 4.98 Å². The first-order valence-electron chi connectivity index (χ1n) is 5.16. The molecule has 3 nitrogen and oxygen atoms in total. The van der Waals surface area contributed by atoms with Crippen LogP contribution in [0.3, 0.4) is 0 Å². The van der Waals surface area contributed by atoms with Crippen molar-refractivity contribution in [2.75, 3.05) is 0 Å². The number of ether oxygens (including phenoxy) is 1. The van der Waals surface area contributed by atoms with Gasteiger partial charge < -0.3 is 4.74 Å². The molecular weight excluding hydrogens is 318 g/mol. The summed E-state index contributed by atoms with van der Waals surface area (Å²) in [5.74, 6) is 0.484. The number of nitrogens with zero attached hydrogens (tertiary/aromatic N) is 1. The van der Waals surface area contributed by atoms with E-state index >= 15 is 0 Å². The summed E-state index contributed by atoms with van der Waals surface area (Å²) in [5, 5.41) is 0.484. The Bertz CT molecular complexity index is 560. The molecule has 0 atom stereocenters. The van der Waals surface area contributed by atoms with Crippen LogP contribution in [-0.4, -0.2) is 11.3 Å². The molecule has 1 heterocycles. The summed E-state index contributed by atoms with van der Waals surface area (Å²) in [4.78, 5) is 15.0. The van der Waals surface area contributed by atoms with Gasteiger partial charge in [0.1, 0.15) is 12.4 Å². The lowest BCUT2D eigenvalue weighted by atomic mass is 10.2. The van der Waals surface area contributed by atoms with E-state index in [0.717, 1.165) is 11.8 Å². The summed E-state index contributed by atoms with van der Waals surface area (Å²) < 4.78 is 6.28. The van der Waals surface area contributed by atoms with Crippen molar-refractivity contribution in [2.24, 2.45) is 0 Å². The van der Waals surface area contributed by atoms with Gasteiger partial charge in [0, 0.05) is 23.0 Å². The quantitative estimate of drug-likeness (QED) is 0.800. The second-order valence-corrected chi connectivity index (χ2v) is 4.86. The summed E-state index contributed by atoms with van der Waals surface area (Å²) >= 11 is 9.19. The molecule has 0 aliphatic rings. The van der Waals surface area contributed by atoms with Crippen LogP contribution in [-0.2, 0) is 6.61 Å². The highest BCUT2D eigenvalue weighted by Crippen LogP contribution is 2.32. The number of rotatable bonds is 4. The summed E-state index contributed by atoms with van der Waals surface area (Å²) in [5.41, 5.74) is 1.34. The molecular formula is C13H9BrClNO2. The van der Waals surface area contributed by atoms with Crippen LogP contribution in [0.15, 0.2) is 41.1 Å². The Morgan fingerprint density at radius 2 is 2.28 bits per heavy atom. The van der Waals surface area contributed by atoms with E-state index in [1.807, 2.05) is 12.1 Å². The third-order valence-corrected chi connectivity index (χ3v) is 3.08. The number of carbonyl (C=O) groups is 1. The molecule has 1 aromatic heterocycles. The average molecular weight is 327 g/mol. The molecule has 2 rings (SSSR count). The van der Waals surface area contributed by atoms with Crippen LogP contribution in [0.4, 0.5) is 0 Å². The lowest BCUT2D eigenvalue weighted by Crippen LogP contribution is -1.99. The fraction of sp³-hybridized carbons (Fsp3) is 0.0769. The van der Waals surface area contributed by atoms with Gasteiger partial charge in [-0.05, 0) is 34.1 Å². The molecule has 0 unspecified atom stereocenters. The molecule has 5 heteroatoms. The zero-order valence-corrected chi connectivity index (χ0v) is 11.6. The SMILES string of the molecule is O=Cc1cc(Cl)cc(Br)c1OCc1cccnc1. The topological polar surface area (TPSA) is 39.2 Å². The Kier molecular flexibility index (Phi) is 4.33. The van der Waals surface area contributed by atoms with E-state index in [0.29, 0.717) is 27.4 Å². The van der Waals surface area contributed by atoms with Gasteiger partial charge >= 0.3 is 0 Å². The predicted octanol–water partition coefficient (Wildman–Crippen LogP) is 3.89. The Morgan fingerprint density at radius 1 is 1.44 bits per heavy atom. The van der Waals surface area contributed by atoms with E-state index < -0.39 is 0 Å². The maximum atomic E-state index is 11.0. The zero-order valence-electron chi connectivity index (χ0n) is 9.27. The molecule has 18 heavy (non-hydrogen) atoms. The molecule has 92 valence electrons. The fourth-order valence-corrected chi connectivity index (χ4v) is 2.41. The predicted molar refractivity (Wildman–Crippen MR) is 73.1 cm³/mol. The monoisotopic (exact) mass is 325 g/mol. The molecule has 0 aliphatic carbocycles. The van der Waals surface area contributed by atoms with E-state index in [2.05, 4.69) is 20.9 Å². The van der Waals surface area contributed by atoms with E-state index in [4.69, 9.17) is 16.3 Å². The van der Waals surface area contributed by atoms with E-state index in [1.165, 1.54) is 0 Å². The van der Waals surface area contributed by atoms with Crippen LogP contribution in [0.5, 0.6) is 5.75 Å². The number of carbonyl (C=O) groups excluding carboxylic acids is 1. The molecule has 0 saturated carbocycles. The van der Waals surface area contributed by atoms with Gasteiger partial charge in [0.05, 0.1) is 10.0 Å². The lowest BCUT2D eigenvalue weighted by Gasteiger charge is -2.10. The minimum absolute atomic E-state index is 0.342. The van der Waals surface area contributed by atoms with Gasteiger partial charge in [-0.25, -0.2) is 0 Å². The number of hydrogen-bond donors (Lipinski definition) is 0. The second kappa shape index (κ2) is 5.98. The summed E-state index contributed by atoms with van der Waals surface area (Å²) in [6.45, 7) is 0.342. The first-order valence-corrected chi connectivity index (χ1v) is 6.33. The van der Waals surface area contributed by atoms with Gasteiger partial charge in [0.25, 0.3) is 0 Å². The van der Waals surface area contributed by atoms with Crippen molar-refractivity contribution >= 4 is 33.8 Å². The number of aldehydes is 1. The van der Waals surface area contributed by atoms with Crippen molar-refractivity contribution < 1.29 is 9.53 Å². The number of aromatic nitrogens is 1. The van der Waals surface area contributed by atoms with Crippen molar-refractivity contribution in [3.8, 4) is 5.75 Å². The number of hydrogen-bond acceptors (Lipinski definition) is 3. The lowest BCUT2D eigenvalue weighted by molar-refractivity contribution is 0.111. The Balaban J connectivity index is 2.21. The van der Waals surface area contributed by atoms with E-state index in [-0.39, 0.29) is 0 Å². The third-order valence-electron chi connectivity index (χ3n) is 2.27. The first kappa shape index (κ1) is 13.1. The minimum Gasteiger partial charge on any atom is -0.487 e. The van der Waals surface area contributed by atoms with Gasteiger partial charge in [-0.2, -0.15) is 0 Å². The smallest absolute Gasteiger partial charge is 0.153 e. The molecule has 0 fully saturated rings. The van der Waals surface area contributed by atoms with Crippen LogP contribution in [0, 0.1) is 0 Å². The summed E-state index contributed by atoms with van der Waals surface area (Å²) in [7, 11) is 0. The van der Waals surface area contributed by atoms with Gasteiger partial charge in [-0.15, -0.1) is 0 Å². The highest BCUT2D eigenvalue weighted by atomic mass is 79.9. The minimum atomic E-state index is 0.342. The van der Waals surface area contributed by atoms with Crippen molar-refractivity contribution in [3.63, 3.8) is 0 Å². The van der Waals surface area contributed by atoms with Crippen LogP contribution < -0.4 is 4.74 Å². The highest BCUT2D eigenvalue weighted by Gasteiger charge is 2.10. The van der Waals surface area contributed by atoms with Crippen LogP contribution in [0.2, 0.25) is 5.02 Å². The molecule has 0 N–H and O–H groups in total. The van der Waals surface area contributed by atoms with E-state index in [9.17, 15) is 4.79 Å². The normalized spacial score (nSPS) is 10.1. The van der Waals surface area contributed by atoms with Crippen molar-refractivity contribution in [3.05, 3.63) is 57.3 Å². The zero-order chi connectivity index (χ0) is 13.0. The van der Waals surface area contributed by atoms with Crippen LogP contribution in [0.25, 0.3) is 0 Å². The average Bonchev–Trinajstić information content (AvgIpc) is 2.38. The Labute approximate surface area is 118 Å². The molecule has 2 aromatic rings. The third kappa shape index (κ3) is 3.09. The molecule has 0 bridgehead atoms. The molecule has 0 saturated heterocycles. The standard InChI is InChI=1S/C13H9BrClNO2/c14-12-5-11(15)4-10(7-17)13(12)18-8-9-2-1-3-16-6-9/h1-7H,8H2. The summed E-state index contributed by atoms with van der Waals surface area (Å²) in [6.07, 6.45) is 4.12. The van der Waals surface area contributed by atoms with Gasteiger partial charge in [0.15, 0.2) is 6.29 Å². The largest absolute Gasteiger partial charge is 0.487 e. The molecule has 0 radical (unpaired) electrons. The van der Waals surface area contributed by atoms with E-state index in [1.54, 1.807) is 24.5 Å². The maximum absolute atomic E-state index is 11.0. The first-order chi connectivity index (χ1) is 8.70. The van der Waals surface area contributed by atoms with Crippen molar-refractivity contribution in [2.45, 2.75) is 6.61 Å². The van der Waals surface area contributed by atoms with Gasteiger partial charge in [-0.3, -0.25) is 9.78 Å². The van der Waals surface area contributed by atoms with Gasteiger partial charge in [0.2, 0.25) is 0 Å². The molecule has 0 aliphatic heterocycles. The number of halogens is 2. The van der Waals surface area contributed by atoms with Crippen molar-refractivity contribution in [1.29, 1.82) is 0 Å². The molecule has 1 aromatic carbocycles. The molecule has 0 amide bonds.